The van der Waals surface area contributed by atoms with Crippen molar-refractivity contribution < 1.29 is 14.3 Å². The number of carbonyl (C=O) groups is 1. The number of carbonyl (C=O) groups excluding carboxylic acids is 1. The van der Waals surface area contributed by atoms with Gasteiger partial charge < -0.3 is 25.3 Å². The fourth-order valence-electron chi connectivity index (χ4n) is 3.32. The van der Waals surface area contributed by atoms with Crippen LogP contribution in [0.25, 0.3) is 10.9 Å². The maximum atomic E-state index is 12.7. The van der Waals surface area contributed by atoms with Gasteiger partial charge in [0.15, 0.2) is 11.5 Å². The van der Waals surface area contributed by atoms with Crippen molar-refractivity contribution in [2.24, 2.45) is 5.73 Å². The standard InChI is InChI=1S/C17H16N4O5/c1-7-15(17(24)21-20-7)9(4-14(18)22)10-2-8-3-12-13(26-6-25-12)5-11(8)19-16(10)23/h2-3,5,9H,4,6H2,1H3,(H2,18,22)(H,19,23)(H2,20,21,24)/t9-/m1/s1. The molecule has 4 rings (SSSR count). The molecule has 5 N–H and O–H groups in total. The summed E-state index contributed by atoms with van der Waals surface area (Å²) in [5.41, 5.74) is 6.29. The van der Waals surface area contributed by atoms with Crippen molar-refractivity contribution in [2.45, 2.75) is 19.3 Å². The number of benzene rings is 1. The van der Waals surface area contributed by atoms with E-state index in [9.17, 15) is 14.4 Å². The van der Waals surface area contributed by atoms with Gasteiger partial charge in [0.25, 0.3) is 11.1 Å². The molecule has 0 bridgehead atoms. The molecule has 2 aromatic heterocycles. The van der Waals surface area contributed by atoms with E-state index >= 15 is 0 Å². The molecular weight excluding hydrogens is 340 g/mol. The molecule has 134 valence electrons. The van der Waals surface area contributed by atoms with Gasteiger partial charge in [-0.3, -0.25) is 19.5 Å². The van der Waals surface area contributed by atoms with Crippen molar-refractivity contribution in [1.82, 2.24) is 15.2 Å². The van der Waals surface area contributed by atoms with E-state index in [0.717, 1.165) is 0 Å². The summed E-state index contributed by atoms with van der Waals surface area (Å²) in [7, 11) is 0. The van der Waals surface area contributed by atoms with E-state index in [4.69, 9.17) is 15.2 Å². The van der Waals surface area contributed by atoms with Crippen LogP contribution in [0.4, 0.5) is 0 Å². The summed E-state index contributed by atoms with van der Waals surface area (Å²) in [6.45, 7) is 1.81. The Morgan fingerprint density at radius 3 is 2.54 bits per heavy atom. The number of aromatic amines is 3. The third-order valence-corrected chi connectivity index (χ3v) is 4.51. The van der Waals surface area contributed by atoms with Crippen LogP contribution in [0.2, 0.25) is 0 Å². The third-order valence-electron chi connectivity index (χ3n) is 4.51. The molecule has 9 nitrogen and oxygen atoms in total. The second-order valence-corrected chi connectivity index (χ2v) is 6.19. The minimum absolute atomic E-state index is 0.116. The van der Waals surface area contributed by atoms with Crippen molar-refractivity contribution >= 4 is 16.8 Å². The van der Waals surface area contributed by atoms with Gasteiger partial charge in [-0.25, -0.2) is 0 Å². The Kier molecular flexibility index (Phi) is 3.57. The van der Waals surface area contributed by atoms with Gasteiger partial charge >= 0.3 is 0 Å². The van der Waals surface area contributed by atoms with Crippen LogP contribution in [0.1, 0.15) is 29.2 Å². The highest BCUT2D eigenvalue weighted by atomic mass is 16.7. The Morgan fingerprint density at radius 2 is 1.88 bits per heavy atom. The molecule has 0 fully saturated rings. The molecule has 0 saturated heterocycles. The molecule has 0 saturated carbocycles. The number of aryl methyl sites for hydroxylation is 1. The molecular formula is C17H16N4O5. The van der Waals surface area contributed by atoms with Gasteiger partial charge in [0.1, 0.15) is 0 Å². The van der Waals surface area contributed by atoms with Crippen LogP contribution in [0.15, 0.2) is 27.8 Å². The van der Waals surface area contributed by atoms with Gasteiger partial charge in [-0.15, -0.1) is 0 Å². The minimum atomic E-state index is -0.763. The number of nitrogens with two attached hydrogens (primary N) is 1. The van der Waals surface area contributed by atoms with E-state index in [1.165, 1.54) is 0 Å². The lowest BCUT2D eigenvalue weighted by molar-refractivity contribution is -0.118. The topological polar surface area (TPSA) is 143 Å². The molecule has 26 heavy (non-hydrogen) atoms. The first kappa shape index (κ1) is 16.0. The van der Waals surface area contributed by atoms with E-state index in [0.29, 0.717) is 33.7 Å². The average molecular weight is 356 g/mol. The predicted molar refractivity (Wildman–Crippen MR) is 92.5 cm³/mol. The third kappa shape index (κ3) is 2.53. The molecule has 1 aliphatic heterocycles. The highest BCUT2D eigenvalue weighted by molar-refractivity contribution is 5.84. The normalized spacial score (nSPS) is 13.9. The summed E-state index contributed by atoms with van der Waals surface area (Å²) in [5.74, 6) is -0.258. The number of amides is 1. The molecule has 9 heteroatoms. The number of aromatic nitrogens is 3. The fraction of sp³-hybridized carbons (Fsp3) is 0.235. The Balaban J connectivity index is 1.93. The van der Waals surface area contributed by atoms with Crippen molar-refractivity contribution in [2.75, 3.05) is 6.79 Å². The summed E-state index contributed by atoms with van der Waals surface area (Å²) in [6.07, 6.45) is -0.166. The lowest BCUT2D eigenvalue weighted by Gasteiger charge is -2.15. The van der Waals surface area contributed by atoms with Crippen molar-refractivity contribution in [3.05, 3.63) is 55.7 Å². The molecule has 1 amide bonds. The molecule has 0 aliphatic carbocycles. The van der Waals surface area contributed by atoms with Crippen molar-refractivity contribution in [3.63, 3.8) is 0 Å². The first-order valence-corrected chi connectivity index (χ1v) is 7.96. The van der Waals surface area contributed by atoms with Gasteiger partial charge in [-0.2, -0.15) is 0 Å². The minimum Gasteiger partial charge on any atom is -0.454 e. The molecule has 0 radical (unpaired) electrons. The molecule has 3 aromatic rings. The summed E-state index contributed by atoms with van der Waals surface area (Å²) in [5, 5.41) is 5.88. The highest BCUT2D eigenvalue weighted by Gasteiger charge is 2.26. The van der Waals surface area contributed by atoms with Crippen LogP contribution in [-0.4, -0.2) is 27.9 Å². The average Bonchev–Trinajstić information content (AvgIpc) is 3.16. The lowest BCUT2D eigenvalue weighted by Crippen LogP contribution is -2.25. The van der Waals surface area contributed by atoms with E-state index in [-0.39, 0.29) is 24.3 Å². The van der Waals surface area contributed by atoms with Crippen LogP contribution in [-0.2, 0) is 4.79 Å². The number of ether oxygens (including phenoxy) is 2. The number of hydrogen-bond acceptors (Lipinski definition) is 5. The lowest BCUT2D eigenvalue weighted by atomic mass is 9.88. The Labute approximate surface area is 146 Å². The fourth-order valence-corrected chi connectivity index (χ4v) is 3.32. The van der Waals surface area contributed by atoms with E-state index in [1.54, 1.807) is 25.1 Å². The summed E-state index contributed by atoms with van der Waals surface area (Å²) >= 11 is 0. The summed E-state index contributed by atoms with van der Waals surface area (Å²) in [4.78, 5) is 39.2. The smallest absolute Gasteiger partial charge is 0.267 e. The monoisotopic (exact) mass is 356 g/mol. The Hall–Kier alpha value is -3.49. The number of rotatable bonds is 4. The van der Waals surface area contributed by atoms with Crippen LogP contribution in [0.3, 0.4) is 0 Å². The SMILES string of the molecule is Cc1[nH][nH]c(=O)c1[C@H](CC(N)=O)c1cc2cc3c(cc2[nH]c1=O)OCO3. The largest absolute Gasteiger partial charge is 0.454 e. The second kappa shape index (κ2) is 5.80. The Morgan fingerprint density at radius 1 is 1.15 bits per heavy atom. The quantitative estimate of drug-likeness (QED) is 0.541. The maximum Gasteiger partial charge on any atom is 0.267 e. The summed E-state index contributed by atoms with van der Waals surface area (Å²) in [6, 6.07) is 5.07. The number of fused-ring (bicyclic) bond motifs is 2. The first-order valence-electron chi connectivity index (χ1n) is 7.96. The highest BCUT2D eigenvalue weighted by Crippen LogP contribution is 2.36. The molecule has 3 heterocycles. The van der Waals surface area contributed by atoms with Gasteiger partial charge in [-0.1, -0.05) is 0 Å². The number of primary amides is 1. The van der Waals surface area contributed by atoms with Gasteiger partial charge in [0, 0.05) is 40.6 Å². The maximum absolute atomic E-state index is 12.7. The van der Waals surface area contributed by atoms with E-state index in [1.807, 2.05) is 0 Å². The zero-order chi connectivity index (χ0) is 18.4. The predicted octanol–water partition coefficient (Wildman–Crippen LogP) is 0.589. The Bertz CT molecular complexity index is 1140. The van der Waals surface area contributed by atoms with Crippen molar-refractivity contribution in [3.8, 4) is 11.5 Å². The van der Waals surface area contributed by atoms with Crippen LogP contribution in [0.5, 0.6) is 11.5 Å². The molecule has 1 atom stereocenters. The number of H-pyrrole nitrogens is 3. The van der Waals surface area contributed by atoms with E-state index in [2.05, 4.69) is 15.2 Å². The number of pyridine rings is 1. The van der Waals surface area contributed by atoms with Crippen molar-refractivity contribution in [1.29, 1.82) is 0 Å². The van der Waals surface area contributed by atoms with Crippen LogP contribution in [0, 0.1) is 6.92 Å². The zero-order valence-corrected chi connectivity index (χ0v) is 13.8. The summed E-state index contributed by atoms with van der Waals surface area (Å²) < 4.78 is 10.7. The van der Waals surface area contributed by atoms with Gasteiger partial charge in [0.05, 0.1) is 5.52 Å². The molecule has 1 aliphatic rings. The first-order chi connectivity index (χ1) is 12.4. The van der Waals surface area contributed by atoms with Crippen LogP contribution >= 0.6 is 0 Å². The molecule has 0 spiro atoms. The van der Waals surface area contributed by atoms with Crippen LogP contribution < -0.4 is 26.3 Å². The number of hydrogen-bond donors (Lipinski definition) is 4. The zero-order valence-electron chi connectivity index (χ0n) is 13.8. The molecule has 1 aromatic carbocycles. The van der Waals surface area contributed by atoms with E-state index < -0.39 is 17.4 Å². The number of nitrogens with one attached hydrogen (secondary N) is 3. The van der Waals surface area contributed by atoms with Gasteiger partial charge in [-0.05, 0) is 19.1 Å². The second-order valence-electron chi connectivity index (χ2n) is 6.19. The van der Waals surface area contributed by atoms with Gasteiger partial charge in [0.2, 0.25) is 12.7 Å². The molecule has 0 unspecified atom stereocenters.